The van der Waals surface area contributed by atoms with E-state index in [0.717, 1.165) is 5.56 Å². The molecular formula is C10H8FN. The molecule has 1 rings (SSSR count). The van der Waals surface area contributed by atoms with Crippen LogP contribution in [0.4, 0.5) is 4.39 Å². The minimum Gasteiger partial charge on any atom is -0.216 e. The van der Waals surface area contributed by atoms with Crippen LogP contribution in [0.25, 0.3) is 0 Å². The summed E-state index contributed by atoms with van der Waals surface area (Å²) >= 11 is 0. The molecule has 0 bridgehead atoms. The van der Waals surface area contributed by atoms with Crippen molar-refractivity contribution in [1.82, 2.24) is 0 Å². The minimum atomic E-state index is 0.526. The number of allylic oxidation sites excluding steroid dienone is 1. The molecule has 60 valence electrons. The summed E-state index contributed by atoms with van der Waals surface area (Å²) in [4.78, 5) is 0. The summed E-state index contributed by atoms with van der Waals surface area (Å²) in [7, 11) is 0. The van der Waals surface area contributed by atoms with Crippen molar-refractivity contribution in [2.75, 3.05) is 0 Å². The van der Waals surface area contributed by atoms with Gasteiger partial charge in [0.05, 0.1) is 18.0 Å². The number of hydrogen-bond acceptors (Lipinski definition) is 1. The van der Waals surface area contributed by atoms with Crippen LogP contribution in [0.2, 0.25) is 0 Å². The van der Waals surface area contributed by atoms with Crippen molar-refractivity contribution in [2.24, 2.45) is 0 Å². The quantitative estimate of drug-likeness (QED) is 0.654. The fourth-order valence-corrected chi connectivity index (χ4v) is 0.896. The Labute approximate surface area is 70.8 Å². The molecule has 0 aliphatic rings. The smallest absolute Gasteiger partial charge is 0.0991 e. The molecule has 0 saturated carbocycles. The molecule has 0 atom stereocenters. The second-order valence-electron chi connectivity index (χ2n) is 2.37. The predicted molar refractivity (Wildman–Crippen MR) is 45.1 cm³/mol. The molecule has 0 heterocycles. The van der Waals surface area contributed by atoms with Gasteiger partial charge in [-0.1, -0.05) is 18.2 Å². The SMILES string of the molecule is N#Cc1ccc(CC=CF)cc1. The molecule has 0 amide bonds. The van der Waals surface area contributed by atoms with Crippen LogP contribution in [0.3, 0.4) is 0 Å². The van der Waals surface area contributed by atoms with E-state index in [1.54, 1.807) is 12.1 Å². The molecule has 0 radical (unpaired) electrons. The number of rotatable bonds is 2. The number of halogens is 1. The summed E-state index contributed by atoms with van der Waals surface area (Å²) in [5.74, 6) is 0. The molecule has 0 aromatic heterocycles. The first-order valence-corrected chi connectivity index (χ1v) is 3.61. The van der Waals surface area contributed by atoms with E-state index in [1.165, 1.54) is 6.08 Å². The Morgan fingerprint density at radius 2 is 2.00 bits per heavy atom. The first-order valence-electron chi connectivity index (χ1n) is 3.61. The molecule has 0 spiro atoms. The summed E-state index contributed by atoms with van der Waals surface area (Å²) in [5.41, 5.74) is 1.63. The molecule has 2 heteroatoms. The Bertz CT molecular complexity index is 306. The average molecular weight is 161 g/mol. The third-order valence-corrected chi connectivity index (χ3v) is 1.53. The maximum atomic E-state index is 11.6. The third-order valence-electron chi connectivity index (χ3n) is 1.53. The van der Waals surface area contributed by atoms with Gasteiger partial charge in [-0.2, -0.15) is 5.26 Å². The van der Waals surface area contributed by atoms with Crippen LogP contribution < -0.4 is 0 Å². The summed E-state index contributed by atoms with van der Waals surface area (Å²) in [6.07, 6.45) is 2.53. The molecule has 1 aromatic carbocycles. The largest absolute Gasteiger partial charge is 0.216 e. The van der Waals surface area contributed by atoms with Gasteiger partial charge in [0.25, 0.3) is 0 Å². The van der Waals surface area contributed by atoms with Crippen molar-refractivity contribution in [3.63, 3.8) is 0 Å². The highest BCUT2D eigenvalue weighted by molar-refractivity contribution is 5.32. The van der Waals surface area contributed by atoms with Crippen LogP contribution in [0, 0.1) is 11.3 Å². The van der Waals surface area contributed by atoms with Crippen molar-refractivity contribution >= 4 is 0 Å². The van der Waals surface area contributed by atoms with Crippen molar-refractivity contribution in [2.45, 2.75) is 6.42 Å². The monoisotopic (exact) mass is 161 g/mol. The van der Waals surface area contributed by atoms with E-state index in [2.05, 4.69) is 0 Å². The first kappa shape index (κ1) is 8.48. The normalized spacial score (nSPS) is 10.0. The van der Waals surface area contributed by atoms with Crippen LogP contribution in [0.15, 0.2) is 36.7 Å². The third kappa shape index (κ3) is 2.21. The Balaban J connectivity index is 2.73. The predicted octanol–water partition coefficient (Wildman–Crippen LogP) is 2.58. The van der Waals surface area contributed by atoms with Crippen LogP contribution in [0.1, 0.15) is 11.1 Å². The molecule has 12 heavy (non-hydrogen) atoms. The van der Waals surface area contributed by atoms with Gasteiger partial charge in [-0.05, 0) is 24.1 Å². The van der Waals surface area contributed by atoms with Crippen molar-refractivity contribution in [3.05, 3.63) is 47.8 Å². The highest BCUT2D eigenvalue weighted by Gasteiger charge is 1.90. The van der Waals surface area contributed by atoms with Gasteiger partial charge in [-0.3, -0.25) is 0 Å². The fraction of sp³-hybridized carbons (Fsp3) is 0.100. The van der Waals surface area contributed by atoms with Gasteiger partial charge in [0, 0.05) is 0 Å². The second-order valence-corrected chi connectivity index (χ2v) is 2.37. The molecule has 0 N–H and O–H groups in total. The molecule has 1 nitrogen and oxygen atoms in total. The minimum absolute atomic E-state index is 0.526. The van der Waals surface area contributed by atoms with Gasteiger partial charge in [0.2, 0.25) is 0 Å². The van der Waals surface area contributed by atoms with Gasteiger partial charge in [-0.25, -0.2) is 4.39 Å². The number of benzene rings is 1. The number of hydrogen-bond donors (Lipinski definition) is 0. The Morgan fingerprint density at radius 3 is 2.50 bits per heavy atom. The van der Waals surface area contributed by atoms with E-state index in [-0.39, 0.29) is 0 Å². The lowest BCUT2D eigenvalue weighted by Gasteiger charge is -1.94. The average Bonchev–Trinajstić information content (AvgIpc) is 2.15. The summed E-state index contributed by atoms with van der Waals surface area (Å²) in [6, 6.07) is 9.10. The van der Waals surface area contributed by atoms with Crippen LogP contribution in [-0.2, 0) is 6.42 Å². The number of nitriles is 1. The topological polar surface area (TPSA) is 23.8 Å². The van der Waals surface area contributed by atoms with Gasteiger partial charge in [0.1, 0.15) is 0 Å². The van der Waals surface area contributed by atoms with Crippen molar-refractivity contribution in [1.29, 1.82) is 5.26 Å². The Kier molecular flexibility index (Phi) is 3.04. The first-order chi connectivity index (χ1) is 5.86. The highest BCUT2D eigenvalue weighted by atomic mass is 19.1. The molecule has 0 aliphatic carbocycles. The highest BCUT2D eigenvalue weighted by Crippen LogP contribution is 2.04. The van der Waals surface area contributed by atoms with Gasteiger partial charge < -0.3 is 0 Å². The summed E-state index contributed by atoms with van der Waals surface area (Å²) in [5, 5.41) is 8.48. The molecule has 0 fully saturated rings. The second kappa shape index (κ2) is 4.30. The van der Waals surface area contributed by atoms with Gasteiger partial charge in [0.15, 0.2) is 0 Å². The van der Waals surface area contributed by atoms with Crippen molar-refractivity contribution in [3.8, 4) is 6.07 Å². The van der Waals surface area contributed by atoms with Crippen LogP contribution >= 0.6 is 0 Å². The Hall–Kier alpha value is -1.62. The fourth-order valence-electron chi connectivity index (χ4n) is 0.896. The molecule has 0 aliphatic heterocycles. The molecule has 0 unspecified atom stereocenters. The van der Waals surface area contributed by atoms with E-state index in [9.17, 15) is 4.39 Å². The Morgan fingerprint density at radius 1 is 1.33 bits per heavy atom. The number of nitrogens with zero attached hydrogens (tertiary/aromatic N) is 1. The lowest BCUT2D eigenvalue weighted by Crippen LogP contribution is -1.80. The van der Waals surface area contributed by atoms with E-state index in [0.29, 0.717) is 18.3 Å². The van der Waals surface area contributed by atoms with Crippen molar-refractivity contribution < 1.29 is 4.39 Å². The zero-order valence-electron chi connectivity index (χ0n) is 6.50. The van der Waals surface area contributed by atoms with E-state index >= 15 is 0 Å². The van der Waals surface area contributed by atoms with E-state index in [4.69, 9.17) is 5.26 Å². The van der Waals surface area contributed by atoms with Crippen LogP contribution in [0.5, 0.6) is 0 Å². The zero-order valence-corrected chi connectivity index (χ0v) is 6.50. The van der Waals surface area contributed by atoms with Gasteiger partial charge in [-0.15, -0.1) is 0 Å². The summed E-state index contributed by atoms with van der Waals surface area (Å²) < 4.78 is 11.6. The standard InChI is InChI=1S/C10H8FN/c11-7-1-2-9-3-5-10(8-12)6-4-9/h1,3-7H,2H2. The molecular weight excluding hydrogens is 153 g/mol. The lowest BCUT2D eigenvalue weighted by atomic mass is 10.1. The molecule has 1 aromatic rings. The zero-order chi connectivity index (χ0) is 8.81. The maximum Gasteiger partial charge on any atom is 0.0991 e. The van der Waals surface area contributed by atoms with E-state index in [1.807, 2.05) is 18.2 Å². The van der Waals surface area contributed by atoms with E-state index < -0.39 is 0 Å². The van der Waals surface area contributed by atoms with Crippen LogP contribution in [-0.4, -0.2) is 0 Å². The maximum absolute atomic E-state index is 11.6. The summed E-state index contributed by atoms with van der Waals surface area (Å²) in [6.45, 7) is 0. The van der Waals surface area contributed by atoms with Gasteiger partial charge >= 0.3 is 0 Å². The molecule has 0 saturated heterocycles. The lowest BCUT2D eigenvalue weighted by molar-refractivity contribution is 0.716.